The summed E-state index contributed by atoms with van der Waals surface area (Å²) in [5.74, 6) is 2.32. The minimum Gasteiger partial charge on any atom is -0.345 e. The molecular formula is C21H40N2. The van der Waals surface area contributed by atoms with E-state index in [1.807, 2.05) is 0 Å². The van der Waals surface area contributed by atoms with Crippen molar-refractivity contribution < 1.29 is 0 Å². The maximum absolute atomic E-state index is 5.17. The number of hydrogen-bond acceptors (Lipinski definition) is 1. The van der Waals surface area contributed by atoms with Crippen LogP contribution in [0.3, 0.4) is 0 Å². The third kappa shape index (κ3) is 4.84. The summed E-state index contributed by atoms with van der Waals surface area (Å²) in [5, 5.41) is 0. The quantitative estimate of drug-likeness (QED) is 0.538. The highest BCUT2D eigenvalue weighted by Gasteiger charge is 2.33. The van der Waals surface area contributed by atoms with Gasteiger partial charge in [0, 0.05) is 22.4 Å². The fourth-order valence-electron chi connectivity index (χ4n) is 3.37. The van der Waals surface area contributed by atoms with Crippen molar-refractivity contribution in [2.75, 3.05) is 0 Å². The van der Waals surface area contributed by atoms with Gasteiger partial charge in [0.25, 0.3) is 0 Å². The van der Waals surface area contributed by atoms with Gasteiger partial charge in [-0.05, 0) is 18.8 Å². The summed E-state index contributed by atoms with van der Waals surface area (Å²) in [6.07, 6.45) is 6.09. The summed E-state index contributed by atoms with van der Waals surface area (Å²) in [5.41, 5.74) is 2.96. The highest BCUT2D eigenvalue weighted by atomic mass is 15.0. The SMILES string of the molecule is CCCCC(C)(C)c1nc(C(C)(C)CCC)[nH]c1C(C)C(C)C. The highest BCUT2D eigenvalue weighted by molar-refractivity contribution is 5.28. The van der Waals surface area contributed by atoms with Crippen molar-refractivity contribution in [3.63, 3.8) is 0 Å². The molecule has 2 heteroatoms. The van der Waals surface area contributed by atoms with Crippen LogP contribution in [0.1, 0.15) is 118 Å². The lowest BCUT2D eigenvalue weighted by Gasteiger charge is -2.26. The van der Waals surface area contributed by atoms with Crippen LogP contribution in [0.25, 0.3) is 0 Å². The molecule has 0 bridgehead atoms. The van der Waals surface area contributed by atoms with Gasteiger partial charge in [-0.25, -0.2) is 4.98 Å². The Balaban J connectivity index is 3.33. The van der Waals surface area contributed by atoms with Crippen LogP contribution < -0.4 is 0 Å². The molecule has 134 valence electrons. The molecule has 1 aromatic rings. The Morgan fingerprint density at radius 3 is 2.00 bits per heavy atom. The summed E-state index contributed by atoms with van der Waals surface area (Å²) >= 11 is 0. The van der Waals surface area contributed by atoms with Gasteiger partial charge in [0.1, 0.15) is 5.82 Å². The standard InChI is InChI=1S/C21H40N2/c1-10-12-14-20(6,7)18-17(16(5)15(3)4)22-19(23-18)21(8,9)13-11-2/h15-16H,10-14H2,1-9H3,(H,22,23). The second-order valence-corrected chi connectivity index (χ2v) is 9.00. The summed E-state index contributed by atoms with van der Waals surface area (Å²) in [6, 6.07) is 0. The first-order valence-corrected chi connectivity index (χ1v) is 9.67. The molecule has 1 unspecified atom stereocenters. The van der Waals surface area contributed by atoms with Crippen LogP contribution in [0.5, 0.6) is 0 Å². The molecule has 0 saturated heterocycles. The van der Waals surface area contributed by atoms with Crippen LogP contribution in [0.4, 0.5) is 0 Å². The molecule has 0 amide bonds. The zero-order chi connectivity index (χ0) is 17.8. The maximum Gasteiger partial charge on any atom is 0.112 e. The lowest BCUT2D eigenvalue weighted by Crippen LogP contribution is -2.22. The van der Waals surface area contributed by atoms with Crippen molar-refractivity contribution in [2.24, 2.45) is 5.92 Å². The molecule has 1 heterocycles. The van der Waals surface area contributed by atoms with Crippen LogP contribution in [-0.2, 0) is 10.8 Å². The minimum atomic E-state index is 0.124. The number of H-pyrrole nitrogens is 1. The normalized spacial score (nSPS) is 14.5. The fourth-order valence-corrected chi connectivity index (χ4v) is 3.37. The number of aromatic nitrogens is 2. The second kappa shape index (κ2) is 7.85. The highest BCUT2D eigenvalue weighted by Crippen LogP contribution is 2.38. The topological polar surface area (TPSA) is 28.7 Å². The van der Waals surface area contributed by atoms with Gasteiger partial charge < -0.3 is 4.98 Å². The van der Waals surface area contributed by atoms with Crippen LogP contribution in [-0.4, -0.2) is 9.97 Å². The van der Waals surface area contributed by atoms with Crippen LogP contribution >= 0.6 is 0 Å². The van der Waals surface area contributed by atoms with E-state index >= 15 is 0 Å². The second-order valence-electron chi connectivity index (χ2n) is 9.00. The van der Waals surface area contributed by atoms with E-state index < -0.39 is 0 Å². The maximum atomic E-state index is 5.17. The van der Waals surface area contributed by atoms with Gasteiger partial charge in [-0.1, -0.05) is 81.6 Å². The third-order valence-corrected chi connectivity index (χ3v) is 5.50. The fraction of sp³-hybridized carbons (Fsp3) is 0.857. The molecular weight excluding hydrogens is 280 g/mol. The third-order valence-electron chi connectivity index (χ3n) is 5.50. The Labute approximate surface area is 144 Å². The van der Waals surface area contributed by atoms with E-state index in [0.717, 1.165) is 0 Å². The minimum absolute atomic E-state index is 0.124. The van der Waals surface area contributed by atoms with Gasteiger partial charge in [0.15, 0.2) is 0 Å². The summed E-state index contributed by atoms with van der Waals surface area (Å²) in [7, 11) is 0. The van der Waals surface area contributed by atoms with Gasteiger partial charge in [-0.2, -0.15) is 0 Å². The lowest BCUT2D eigenvalue weighted by molar-refractivity contribution is 0.425. The number of imidazole rings is 1. The van der Waals surface area contributed by atoms with Crippen LogP contribution in [0.2, 0.25) is 0 Å². The van der Waals surface area contributed by atoms with Gasteiger partial charge >= 0.3 is 0 Å². The largest absolute Gasteiger partial charge is 0.345 e. The summed E-state index contributed by atoms with van der Waals surface area (Å²) < 4.78 is 0. The lowest BCUT2D eigenvalue weighted by atomic mass is 9.79. The summed E-state index contributed by atoms with van der Waals surface area (Å²) in [4.78, 5) is 8.93. The molecule has 0 spiro atoms. The first kappa shape index (κ1) is 20.3. The van der Waals surface area contributed by atoms with Crippen molar-refractivity contribution in [3.8, 4) is 0 Å². The Morgan fingerprint density at radius 1 is 0.913 bits per heavy atom. The van der Waals surface area contributed by atoms with E-state index in [2.05, 4.69) is 67.3 Å². The molecule has 0 aliphatic carbocycles. The van der Waals surface area contributed by atoms with Crippen LogP contribution in [0.15, 0.2) is 0 Å². The predicted octanol–water partition coefficient (Wildman–Crippen LogP) is 6.71. The molecule has 23 heavy (non-hydrogen) atoms. The first-order valence-electron chi connectivity index (χ1n) is 9.67. The summed E-state index contributed by atoms with van der Waals surface area (Å²) in [6.45, 7) is 20.9. The van der Waals surface area contributed by atoms with Crippen molar-refractivity contribution in [3.05, 3.63) is 17.2 Å². The molecule has 0 saturated carbocycles. The first-order chi connectivity index (χ1) is 10.6. The van der Waals surface area contributed by atoms with Gasteiger partial charge in [-0.15, -0.1) is 0 Å². The zero-order valence-electron chi connectivity index (χ0n) is 17.1. The van der Waals surface area contributed by atoms with Crippen molar-refractivity contribution in [1.82, 2.24) is 9.97 Å². The van der Waals surface area contributed by atoms with Crippen LogP contribution in [0, 0.1) is 5.92 Å². The predicted molar refractivity (Wildman–Crippen MR) is 102 cm³/mol. The van der Waals surface area contributed by atoms with Gasteiger partial charge in [-0.3, -0.25) is 0 Å². The molecule has 1 N–H and O–H groups in total. The van der Waals surface area contributed by atoms with E-state index in [0.29, 0.717) is 11.8 Å². The van der Waals surface area contributed by atoms with Gasteiger partial charge in [0.05, 0.1) is 5.69 Å². The number of hydrogen-bond donors (Lipinski definition) is 1. The van der Waals surface area contributed by atoms with E-state index in [1.54, 1.807) is 0 Å². The molecule has 1 rings (SSSR count). The van der Waals surface area contributed by atoms with E-state index in [1.165, 1.54) is 49.3 Å². The number of nitrogens with zero attached hydrogens (tertiary/aromatic N) is 1. The molecule has 1 atom stereocenters. The van der Waals surface area contributed by atoms with Crippen molar-refractivity contribution in [2.45, 2.75) is 111 Å². The number of rotatable bonds is 9. The molecule has 0 fully saturated rings. The number of nitrogens with one attached hydrogen (secondary N) is 1. The van der Waals surface area contributed by atoms with Crippen molar-refractivity contribution >= 4 is 0 Å². The average molecular weight is 321 g/mol. The Hall–Kier alpha value is -0.790. The Morgan fingerprint density at radius 2 is 1.52 bits per heavy atom. The van der Waals surface area contributed by atoms with E-state index in [4.69, 9.17) is 4.98 Å². The average Bonchev–Trinajstić information content (AvgIpc) is 2.91. The monoisotopic (exact) mass is 320 g/mol. The molecule has 0 aliphatic rings. The number of aromatic amines is 1. The molecule has 0 radical (unpaired) electrons. The molecule has 1 aromatic heterocycles. The van der Waals surface area contributed by atoms with Crippen molar-refractivity contribution in [1.29, 1.82) is 0 Å². The van der Waals surface area contributed by atoms with Gasteiger partial charge in [0.2, 0.25) is 0 Å². The number of unbranched alkanes of at least 4 members (excludes halogenated alkanes) is 1. The Kier molecular flexibility index (Phi) is 6.92. The smallest absolute Gasteiger partial charge is 0.112 e. The Bertz CT molecular complexity index is 480. The molecule has 0 aromatic carbocycles. The van der Waals surface area contributed by atoms with E-state index in [9.17, 15) is 0 Å². The van der Waals surface area contributed by atoms with E-state index in [-0.39, 0.29) is 10.8 Å². The zero-order valence-corrected chi connectivity index (χ0v) is 17.1. The molecule has 2 nitrogen and oxygen atoms in total. The molecule has 0 aliphatic heterocycles.